The summed E-state index contributed by atoms with van der Waals surface area (Å²) in [6.07, 6.45) is 0. The van der Waals surface area contributed by atoms with Gasteiger partial charge in [-0.1, -0.05) is 30.3 Å². The van der Waals surface area contributed by atoms with Crippen molar-refractivity contribution >= 4 is 17.5 Å². The van der Waals surface area contributed by atoms with Gasteiger partial charge in [0.05, 0.1) is 5.57 Å². The van der Waals surface area contributed by atoms with Gasteiger partial charge in [-0.2, -0.15) is 4.98 Å². The molecular weight excluding hydrogens is 414 g/mol. The predicted octanol–water partition coefficient (Wildman–Crippen LogP) is 5.39. The fourth-order valence-electron chi connectivity index (χ4n) is 4.03. The monoisotopic (exact) mass is 439 g/mol. The lowest BCUT2D eigenvalue weighted by Gasteiger charge is -2.27. The van der Waals surface area contributed by atoms with Gasteiger partial charge in [0.2, 0.25) is 5.95 Å². The second-order valence-electron chi connectivity index (χ2n) is 8.34. The summed E-state index contributed by atoms with van der Waals surface area (Å²) < 4.78 is 7.71. The summed E-state index contributed by atoms with van der Waals surface area (Å²) in [5, 5.41) is 11.1. The number of aromatic nitrogens is 3. The lowest BCUT2D eigenvalue weighted by Crippen LogP contribution is -2.31. The predicted molar refractivity (Wildman–Crippen MR) is 128 cm³/mol. The van der Waals surface area contributed by atoms with Gasteiger partial charge in [0, 0.05) is 16.9 Å². The summed E-state index contributed by atoms with van der Waals surface area (Å²) in [5.41, 5.74) is 5.25. The minimum atomic E-state index is -0.550. The maximum Gasteiger partial charge on any atom is 0.256 e. The quantitative estimate of drug-likeness (QED) is 0.445. The molecule has 1 unspecified atom stereocenters. The van der Waals surface area contributed by atoms with Crippen molar-refractivity contribution in [1.82, 2.24) is 14.8 Å². The highest BCUT2D eigenvalue weighted by atomic mass is 16.3. The molecule has 0 spiro atoms. The largest absolute Gasteiger partial charge is 0.464 e. The van der Waals surface area contributed by atoms with E-state index in [1.165, 1.54) is 11.1 Å². The van der Waals surface area contributed by atoms with E-state index in [1.807, 2.05) is 62.4 Å². The Hall–Kier alpha value is -4.13. The fraction of sp³-hybridized carbons (Fsp3) is 0.192. The number of hydrogen-bond acceptors (Lipinski definition) is 5. The molecular formula is C26H25N5O2. The Morgan fingerprint density at radius 3 is 2.48 bits per heavy atom. The first-order valence-electron chi connectivity index (χ1n) is 10.9. The van der Waals surface area contributed by atoms with Gasteiger partial charge in [0.15, 0.2) is 5.82 Å². The average molecular weight is 440 g/mol. The summed E-state index contributed by atoms with van der Waals surface area (Å²) in [5.74, 6) is 2.32. The van der Waals surface area contributed by atoms with Gasteiger partial charge in [-0.15, -0.1) is 5.10 Å². The molecule has 4 aromatic rings. The first-order chi connectivity index (χ1) is 15.9. The number of hydrogen-bond donors (Lipinski definition) is 2. The zero-order chi connectivity index (χ0) is 23.1. The number of benzene rings is 2. The van der Waals surface area contributed by atoms with Crippen LogP contribution in [0.1, 0.15) is 35.6 Å². The highest BCUT2D eigenvalue weighted by Gasteiger charge is 2.36. The summed E-state index contributed by atoms with van der Waals surface area (Å²) in [7, 11) is 0. The molecule has 166 valence electrons. The molecule has 0 aliphatic carbocycles. The molecule has 7 heteroatoms. The van der Waals surface area contributed by atoms with Gasteiger partial charge < -0.3 is 15.1 Å². The molecule has 7 nitrogen and oxygen atoms in total. The normalized spacial score (nSPS) is 15.2. The number of amides is 1. The van der Waals surface area contributed by atoms with E-state index in [1.54, 1.807) is 4.68 Å². The van der Waals surface area contributed by atoms with Crippen LogP contribution in [0.2, 0.25) is 0 Å². The summed E-state index contributed by atoms with van der Waals surface area (Å²) in [6.45, 7) is 7.90. The number of para-hydroxylation sites is 1. The number of carbonyl (C=O) groups excluding carboxylic acids is 1. The van der Waals surface area contributed by atoms with E-state index in [4.69, 9.17) is 14.5 Å². The second-order valence-corrected chi connectivity index (χ2v) is 8.34. The first kappa shape index (κ1) is 20.8. The molecule has 0 saturated carbocycles. The van der Waals surface area contributed by atoms with Crippen molar-refractivity contribution < 1.29 is 9.21 Å². The fourth-order valence-corrected chi connectivity index (χ4v) is 4.03. The van der Waals surface area contributed by atoms with Crippen LogP contribution in [0.25, 0.3) is 11.4 Å². The number of anilines is 2. The number of aryl methyl sites for hydroxylation is 3. The van der Waals surface area contributed by atoms with E-state index in [0.717, 1.165) is 17.0 Å². The number of rotatable bonds is 4. The first-order valence-corrected chi connectivity index (χ1v) is 10.9. The van der Waals surface area contributed by atoms with Crippen molar-refractivity contribution in [3.8, 4) is 11.4 Å². The molecule has 1 atom stereocenters. The molecule has 1 amide bonds. The number of allylic oxidation sites excluding steroid dienone is 1. The highest BCUT2D eigenvalue weighted by Crippen LogP contribution is 2.37. The van der Waals surface area contributed by atoms with Gasteiger partial charge in [-0.25, -0.2) is 4.68 Å². The molecule has 5 rings (SSSR count). The number of fused-ring (bicyclic) bond motifs is 1. The Morgan fingerprint density at radius 1 is 1.00 bits per heavy atom. The van der Waals surface area contributed by atoms with E-state index in [-0.39, 0.29) is 5.91 Å². The third kappa shape index (κ3) is 3.82. The van der Waals surface area contributed by atoms with Crippen LogP contribution < -0.4 is 10.6 Å². The standard InChI is InChI=1S/C26H25N5O2/c1-15-10-12-19(14-16(15)2)24-29-26-27-18(4)22(25(32)28-20-8-6-5-7-9-20)23(31(26)30-24)21-13-11-17(3)33-21/h5-14,23H,1-4H3,(H,28,32)(H,27,29,30). The Labute approximate surface area is 192 Å². The molecule has 0 bridgehead atoms. The minimum Gasteiger partial charge on any atom is -0.464 e. The minimum absolute atomic E-state index is 0.223. The van der Waals surface area contributed by atoms with Crippen molar-refractivity contribution in [1.29, 1.82) is 0 Å². The van der Waals surface area contributed by atoms with Crippen LogP contribution >= 0.6 is 0 Å². The summed E-state index contributed by atoms with van der Waals surface area (Å²) >= 11 is 0. The van der Waals surface area contributed by atoms with Crippen LogP contribution in [0.15, 0.2) is 76.4 Å². The van der Waals surface area contributed by atoms with Crippen molar-refractivity contribution in [2.45, 2.75) is 33.7 Å². The Balaban J connectivity index is 1.59. The van der Waals surface area contributed by atoms with Crippen LogP contribution in [0.3, 0.4) is 0 Å². The van der Waals surface area contributed by atoms with Crippen LogP contribution in [-0.2, 0) is 4.79 Å². The van der Waals surface area contributed by atoms with Gasteiger partial charge in [-0.05, 0) is 69.2 Å². The van der Waals surface area contributed by atoms with Crippen LogP contribution in [-0.4, -0.2) is 20.7 Å². The second kappa shape index (κ2) is 8.09. The molecule has 1 aliphatic heterocycles. The van der Waals surface area contributed by atoms with Crippen molar-refractivity contribution in [2.24, 2.45) is 0 Å². The van der Waals surface area contributed by atoms with E-state index < -0.39 is 6.04 Å². The van der Waals surface area contributed by atoms with Gasteiger partial charge in [0.1, 0.15) is 17.6 Å². The zero-order valence-electron chi connectivity index (χ0n) is 19.0. The van der Waals surface area contributed by atoms with Crippen LogP contribution in [0.5, 0.6) is 0 Å². The highest BCUT2D eigenvalue weighted by molar-refractivity contribution is 6.05. The van der Waals surface area contributed by atoms with Gasteiger partial charge >= 0.3 is 0 Å². The van der Waals surface area contributed by atoms with E-state index in [0.29, 0.717) is 28.8 Å². The van der Waals surface area contributed by atoms with Gasteiger partial charge in [0.25, 0.3) is 5.91 Å². The Morgan fingerprint density at radius 2 is 1.79 bits per heavy atom. The third-order valence-electron chi connectivity index (χ3n) is 5.92. The van der Waals surface area contributed by atoms with E-state index in [2.05, 4.69) is 36.6 Å². The molecule has 1 aliphatic rings. The lowest BCUT2D eigenvalue weighted by atomic mass is 10.00. The smallest absolute Gasteiger partial charge is 0.256 e. The van der Waals surface area contributed by atoms with Crippen molar-refractivity contribution in [3.05, 3.63) is 94.6 Å². The van der Waals surface area contributed by atoms with E-state index >= 15 is 0 Å². The molecule has 0 fully saturated rings. The van der Waals surface area contributed by atoms with Crippen LogP contribution in [0, 0.1) is 20.8 Å². The van der Waals surface area contributed by atoms with Gasteiger partial charge in [-0.3, -0.25) is 4.79 Å². The molecule has 33 heavy (non-hydrogen) atoms. The zero-order valence-corrected chi connectivity index (χ0v) is 19.0. The number of nitrogens with one attached hydrogen (secondary N) is 2. The third-order valence-corrected chi connectivity index (χ3v) is 5.92. The lowest BCUT2D eigenvalue weighted by molar-refractivity contribution is -0.113. The molecule has 0 radical (unpaired) electrons. The molecule has 0 saturated heterocycles. The number of carbonyl (C=O) groups is 1. The maximum absolute atomic E-state index is 13.4. The topological polar surface area (TPSA) is 85.0 Å². The Bertz CT molecular complexity index is 1380. The Kier molecular flexibility index (Phi) is 5.09. The molecule has 2 aromatic heterocycles. The SMILES string of the molecule is CC1=C(C(=O)Nc2ccccc2)C(c2ccc(C)o2)n2nc(-c3ccc(C)c(C)c3)nc2N1. The molecule has 2 N–H and O–H groups in total. The molecule has 3 heterocycles. The molecule has 2 aromatic carbocycles. The van der Waals surface area contributed by atoms with Crippen LogP contribution in [0.4, 0.5) is 11.6 Å². The van der Waals surface area contributed by atoms with Crippen molar-refractivity contribution in [2.75, 3.05) is 10.6 Å². The number of nitrogens with zero attached hydrogens (tertiary/aromatic N) is 3. The average Bonchev–Trinajstić information content (AvgIpc) is 3.41. The van der Waals surface area contributed by atoms with Crippen molar-refractivity contribution in [3.63, 3.8) is 0 Å². The summed E-state index contributed by atoms with van der Waals surface area (Å²) in [6, 6.07) is 18.8. The number of furan rings is 1. The van der Waals surface area contributed by atoms with E-state index in [9.17, 15) is 4.79 Å². The maximum atomic E-state index is 13.4. The summed E-state index contributed by atoms with van der Waals surface area (Å²) in [4.78, 5) is 18.2.